The van der Waals surface area contributed by atoms with Crippen molar-refractivity contribution in [3.63, 3.8) is 0 Å². The van der Waals surface area contributed by atoms with E-state index in [0.717, 1.165) is 13.1 Å². The lowest BCUT2D eigenvalue weighted by Gasteiger charge is -2.30. The minimum Gasteiger partial charge on any atom is -0.329 e. The highest BCUT2D eigenvalue weighted by atomic mass is 15.2. The van der Waals surface area contributed by atoms with E-state index in [1.54, 1.807) is 0 Å². The van der Waals surface area contributed by atoms with Crippen molar-refractivity contribution >= 4 is 0 Å². The Hall–Kier alpha value is -0.340. The fourth-order valence-electron chi connectivity index (χ4n) is 1.57. The third-order valence-corrected chi connectivity index (χ3v) is 2.35. The highest BCUT2D eigenvalue weighted by Crippen LogP contribution is 2.07. The zero-order valence-electron chi connectivity index (χ0n) is 7.29. The molecule has 1 unspecified atom stereocenters. The molecular weight excluding hydrogens is 136 g/mol. The van der Waals surface area contributed by atoms with Crippen LogP contribution in [0.15, 0.2) is 12.2 Å². The van der Waals surface area contributed by atoms with Crippen molar-refractivity contribution in [2.45, 2.75) is 25.8 Å². The van der Waals surface area contributed by atoms with E-state index in [1.165, 1.54) is 19.4 Å². The van der Waals surface area contributed by atoms with Gasteiger partial charge < -0.3 is 5.73 Å². The van der Waals surface area contributed by atoms with Gasteiger partial charge in [-0.1, -0.05) is 19.1 Å². The largest absolute Gasteiger partial charge is 0.329 e. The molecule has 0 spiro atoms. The van der Waals surface area contributed by atoms with Crippen LogP contribution in [0.3, 0.4) is 0 Å². The molecule has 0 radical (unpaired) electrons. The molecule has 2 heteroatoms. The molecule has 0 aliphatic carbocycles. The fourth-order valence-corrected chi connectivity index (χ4v) is 1.57. The number of hydrogen-bond donors (Lipinski definition) is 1. The van der Waals surface area contributed by atoms with Crippen LogP contribution < -0.4 is 5.73 Å². The maximum Gasteiger partial charge on any atom is 0.0219 e. The maximum absolute atomic E-state index is 5.65. The quantitative estimate of drug-likeness (QED) is 0.614. The van der Waals surface area contributed by atoms with Crippen molar-refractivity contribution in [1.29, 1.82) is 0 Å². The van der Waals surface area contributed by atoms with Gasteiger partial charge in [0, 0.05) is 25.7 Å². The minimum atomic E-state index is 0.597. The zero-order chi connectivity index (χ0) is 8.10. The van der Waals surface area contributed by atoms with Crippen molar-refractivity contribution in [3.05, 3.63) is 12.2 Å². The summed E-state index contributed by atoms with van der Waals surface area (Å²) in [6.07, 6.45) is 6.85. The Bertz CT molecular complexity index is 128. The van der Waals surface area contributed by atoms with Gasteiger partial charge in [-0.2, -0.15) is 0 Å². The van der Waals surface area contributed by atoms with Gasteiger partial charge in [0.1, 0.15) is 0 Å². The summed E-state index contributed by atoms with van der Waals surface area (Å²) in [6, 6.07) is 0.597. The van der Waals surface area contributed by atoms with Gasteiger partial charge in [0.05, 0.1) is 0 Å². The van der Waals surface area contributed by atoms with Crippen LogP contribution in [0.4, 0.5) is 0 Å². The van der Waals surface area contributed by atoms with Gasteiger partial charge in [-0.05, 0) is 12.8 Å². The third-order valence-electron chi connectivity index (χ3n) is 2.35. The molecule has 0 aromatic rings. The predicted octanol–water partition coefficient (Wildman–Crippen LogP) is 0.986. The maximum atomic E-state index is 5.65. The van der Waals surface area contributed by atoms with Gasteiger partial charge in [0.2, 0.25) is 0 Å². The first-order chi connectivity index (χ1) is 5.38. The number of nitrogens with zero attached hydrogens (tertiary/aromatic N) is 1. The summed E-state index contributed by atoms with van der Waals surface area (Å²) in [5.41, 5.74) is 5.65. The summed E-state index contributed by atoms with van der Waals surface area (Å²) < 4.78 is 0. The Morgan fingerprint density at radius 3 is 2.82 bits per heavy atom. The Labute approximate surface area is 69.1 Å². The molecule has 0 amide bonds. The lowest BCUT2D eigenvalue weighted by atomic mass is 10.1. The predicted molar refractivity (Wildman–Crippen MR) is 48.5 cm³/mol. The molecular formula is C9H18N2. The average molecular weight is 154 g/mol. The first kappa shape index (κ1) is 8.75. The van der Waals surface area contributed by atoms with Crippen molar-refractivity contribution in [2.24, 2.45) is 5.73 Å². The number of hydrogen-bond acceptors (Lipinski definition) is 2. The van der Waals surface area contributed by atoms with Crippen LogP contribution in [-0.2, 0) is 0 Å². The summed E-state index contributed by atoms with van der Waals surface area (Å²) in [4.78, 5) is 2.46. The monoisotopic (exact) mass is 154 g/mol. The molecule has 0 bridgehead atoms. The van der Waals surface area contributed by atoms with E-state index in [2.05, 4.69) is 24.0 Å². The van der Waals surface area contributed by atoms with E-state index < -0.39 is 0 Å². The molecule has 11 heavy (non-hydrogen) atoms. The molecule has 1 aliphatic heterocycles. The first-order valence-electron chi connectivity index (χ1n) is 4.47. The average Bonchev–Trinajstić information content (AvgIpc) is 2.09. The summed E-state index contributed by atoms with van der Waals surface area (Å²) in [5.74, 6) is 0. The molecule has 1 atom stereocenters. The van der Waals surface area contributed by atoms with Crippen LogP contribution in [0.2, 0.25) is 0 Å². The molecule has 2 N–H and O–H groups in total. The standard InChI is InChI=1S/C9H18N2/c1-2-9(8-10)11-6-4-3-5-7-11/h3-4,9H,2,5-8,10H2,1H3. The Kier molecular flexibility index (Phi) is 3.60. The molecule has 1 rings (SSSR count). The summed E-state index contributed by atoms with van der Waals surface area (Å²) in [5, 5.41) is 0. The van der Waals surface area contributed by atoms with Crippen molar-refractivity contribution in [2.75, 3.05) is 19.6 Å². The van der Waals surface area contributed by atoms with E-state index in [4.69, 9.17) is 5.73 Å². The smallest absolute Gasteiger partial charge is 0.0219 e. The van der Waals surface area contributed by atoms with Gasteiger partial charge in [-0.25, -0.2) is 0 Å². The molecule has 1 aliphatic rings. The Balaban J connectivity index is 2.38. The van der Waals surface area contributed by atoms with Gasteiger partial charge >= 0.3 is 0 Å². The second kappa shape index (κ2) is 4.52. The Morgan fingerprint density at radius 2 is 2.36 bits per heavy atom. The van der Waals surface area contributed by atoms with Gasteiger partial charge in [-0.3, -0.25) is 4.90 Å². The normalized spacial score (nSPS) is 22.0. The van der Waals surface area contributed by atoms with Crippen molar-refractivity contribution in [3.8, 4) is 0 Å². The SMILES string of the molecule is CCC(CN)N1CC=CCC1. The summed E-state index contributed by atoms with van der Waals surface area (Å²) in [6.45, 7) is 5.28. The molecule has 2 nitrogen and oxygen atoms in total. The second-order valence-electron chi connectivity index (χ2n) is 3.05. The highest BCUT2D eigenvalue weighted by Gasteiger charge is 2.14. The zero-order valence-corrected chi connectivity index (χ0v) is 7.29. The molecule has 1 heterocycles. The van der Waals surface area contributed by atoms with E-state index in [0.29, 0.717) is 6.04 Å². The van der Waals surface area contributed by atoms with Gasteiger partial charge in [0.15, 0.2) is 0 Å². The molecule has 64 valence electrons. The molecule has 0 saturated heterocycles. The molecule has 0 aromatic carbocycles. The number of nitrogens with two attached hydrogens (primary N) is 1. The summed E-state index contributed by atoms with van der Waals surface area (Å²) >= 11 is 0. The highest BCUT2D eigenvalue weighted by molar-refractivity contribution is 4.92. The van der Waals surface area contributed by atoms with Crippen LogP contribution >= 0.6 is 0 Å². The topological polar surface area (TPSA) is 29.3 Å². The second-order valence-corrected chi connectivity index (χ2v) is 3.05. The van der Waals surface area contributed by atoms with Crippen LogP contribution in [0.1, 0.15) is 19.8 Å². The van der Waals surface area contributed by atoms with Crippen molar-refractivity contribution in [1.82, 2.24) is 4.90 Å². The van der Waals surface area contributed by atoms with Gasteiger partial charge in [-0.15, -0.1) is 0 Å². The molecule has 0 saturated carbocycles. The fraction of sp³-hybridized carbons (Fsp3) is 0.778. The third kappa shape index (κ3) is 2.31. The molecule has 0 fully saturated rings. The van der Waals surface area contributed by atoms with E-state index >= 15 is 0 Å². The van der Waals surface area contributed by atoms with Crippen LogP contribution in [0, 0.1) is 0 Å². The van der Waals surface area contributed by atoms with Crippen molar-refractivity contribution < 1.29 is 0 Å². The first-order valence-corrected chi connectivity index (χ1v) is 4.47. The van der Waals surface area contributed by atoms with Crippen LogP contribution in [0.5, 0.6) is 0 Å². The van der Waals surface area contributed by atoms with E-state index in [9.17, 15) is 0 Å². The molecule has 0 aromatic heterocycles. The van der Waals surface area contributed by atoms with E-state index in [1.807, 2.05) is 0 Å². The van der Waals surface area contributed by atoms with E-state index in [-0.39, 0.29) is 0 Å². The van der Waals surface area contributed by atoms with Crippen LogP contribution in [-0.4, -0.2) is 30.6 Å². The van der Waals surface area contributed by atoms with Gasteiger partial charge in [0.25, 0.3) is 0 Å². The number of rotatable bonds is 3. The lowest BCUT2D eigenvalue weighted by Crippen LogP contribution is -2.41. The lowest BCUT2D eigenvalue weighted by molar-refractivity contribution is 0.213. The minimum absolute atomic E-state index is 0.597. The Morgan fingerprint density at radius 1 is 1.55 bits per heavy atom. The summed E-state index contributed by atoms with van der Waals surface area (Å²) in [7, 11) is 0. The van der Waals surface area contributed by atoms with Crippen LogP contribution in [0.25, 0.3) is 0 Å².